The van der Waals surface area contributed by atoms with E-state index in [1.54, 1.807) is 6.07 Å². The van der Waals surface area contributed by atoms with E-state index in [2.05, 4.69) is 9.97 Å². The fourth-order valence-electron chi connectivity index (χ4n) is 2.32. The van der Waals surface area contributed by atoms with Gasteiger partial charge in [-0.25, -0.2) is 13.2 Å². The highest BCUT2D eigenvalue weighted by molar-refractivity contribution is 7.89. The molecule has 0 spiro atoms. The van der Waals surface area contributed by atoms with Crippen molar-refractivity contribution in [3.63, 3.8) is 0 Å². The average Bonchev–Trinajstić information content (AvgIpc) is 2.89. The minimum Gasteiger partial charge on any atom is -0.363 e. The molecule has 20 heavy (non-hydrogen) atoms. The number of fused-ring (bicyclic) bond motifs is 1. The Bertz CT molecular complexity index is 819. The van der Waals surface area contributed by atoms with Gasteiger partial charge in [0.05, 0.1) is 28.1 Å². The Labute approximate surface area is 115 Å². The molecule has 7 nitrogen and oxygen atoms in total. The second kappa shape index (κ2) is 4.18. The van der Waals surface area contributed by atoms with E-state index in [0.717, 1.165) is 0 Å². The van der Waals surface area contributed by atoms with E-state index in [1.807, 2.05) is 13.8 Å². The van der Waals surface area contributed by atoms with Crippen LogP contribution in [0.5, 0.6) is 0 Å². The molecule has 1 aliphatic heterocycles. The van der Waals surface area contributed by atoms with Crippen LogP contribution in [0, 0.1) is 0 Å². The van der Waals surface area contributed by atoms with Crippen molar-refractivity contribution in [2.75, 3.05) is 13.3 Å². The predicted octanol–water partition coefficient (Wildman–Crippen LogP) is 0.613. The number of benzene rings is 1. The van der Waals surface area contributed by atoms with Crippen molar-refractivity contribution in [2.45, 2.75) is 24.3 Å². The molecular weight excluding hydrogens is 282 g/mol. The van der Waals surface area contributed by atoms with Gasteiger partial charge in [-0.1, -0.05) is 0 Å². The maximum Gasteiger partial charge on any atom is 0.323 e. The van der Waals surface area contributed by atoms with Crippen molar-refractivity contribution in [1.29, 1.82) is 0 Å². The van der Waals surface area contributed by atoms with Crippen LogP contribution in [0.3, 0.4) is 0 Å². The molecule has 1 aromatic heterocycles. The number of sulfonamides is 1. The highest BCUT2D eigenvalue weighted by atomic mass is 32.2. The summed E-state index contributed by atoms with van der Waals surface area (Å²) in [6, 6.07) is 4.51. The quantitative estimate of drug-likeness (QED) is 0.849. The molecule has 1 aromatic carbocycles. The molecule has 0 aliphatic carbocycles. The second-order valence-corrected chi connectivity index (χ2v) is 7.29. The largest absolute Gasteiger partial charge is 0.363 e. The van der Waals surface area contributed by atoms with Gasteiger partial charge in [-0.15, -0.1) is 0 Å². The summed E-state index contributed by atoms with van der Waals surface area (Å²) >= 11 is 0. The van der Waals surface area contributed by atoms with Crippen molar-refractivity contribution in [1.82, 2.24) is 14.3 Å². The number of hydrogen-bond acceptors (Lipinski definition) is 4. The van der Waals surface area contributed by atoms with Crippen LogP contribution in [0.25, 0.3) is 11.0 Å². The monoisotopic (exact) mass is 297 g/mol. The van der Waals surface area contributed by atoms with Gasteiger partial charge >= 0.3 is 5.69 Å². The molecule has 1 aliphatic rings. The lowest BCUT2D eigenvalue weighted by atomic mass is 10.1. The Hall–Kier alpha value is -1.64. The van der Waals surface area contributed by atoms with Gasteiger partial charge in [0.15, 0.2) is 0 Å². The van der Waals surface area contributed by atoms with E-state index in [-0.39, 0.29) is 17.3 Å². The summed E-state index contributed by atoms with van der Waals surface area (Å²) in [5, 5.41) is 0. The number of nitrogens with one attached hydrogen (secondary N) is 2. The lowest BCUT2D eigenvalue weighted by Crippen LogP contribution is -2.44. The standard InChI is InChI=1S/C12H15N3O4S/c1-12(2)6-19-7-15(12)20(17,18)8-3-4-9-10(5-8)14-11(16)13-9/h3-5H,6-7H2,1-2H3,(H2,13,14,16). The number of ether oxygens (including phenoxy) is 1. The molecule has 2 aromatic rings. The van der Waals surface area contributed by atoms with E-state index in [1.165, 1.54) is 16.4 Å². The molecule has 2 N–H and O–H groups in total. The maximum atomic E-state index is 12.6. The van der Waals surface area contributed by atoms with Crippen molar-refractivity contribution >= 4 is 21.1 Å². The summed E-state index contributed by atoms with van der Waals surface area (Å²) in [4.78, 5) is 16.5. The van der Waals surface area contributed by atoms with Crippen LogP contribution < -0.4 is 5.69 Å². The first kappa shape index (κ1) is 13.3. The molecule has 0 amide bonds. The van der Waals surface area contributed by atoms with Gasteiger partial charge in [0, 0.05) is 0 Å². The normalized spacial score (nSPS) is 19.7. The Morgan fingerprint density at radius 1 is 1.25 bits per heavy atom. The van der Waals surface area contributed by atoms with Crippen molar-refractivity contribution in [3.8, 4) is 0 Å². The highest BCUT2D eigenvalue weighted by Gasteiger charge is 2.42. The number of aromatic amines is 2. The number of aromatic nitrogens is 2. The lowest BCUT2D eigenvalue weighted by Gasteiger charge is -2.28. The molecule has 0 unspecified atom stereocenters. The molecule has 3 rings (SSSR count). The first-order chi connectivity index (χ1) is 9.30. The molecule has 0 radical (unpaired) electrons. The fourth-order valence-corrected chi connectivity index (χ4v) is 4.00. The zero-order chi connectivity index (χ0) is 14.5. The summed E-state index contributed by atoms with van der Waals surface area (Å²) in [5.74, 6) is 0. The third-order valence-corrected chi connectivity index (χ3v) is 5.44. The predicted molar refractivity (Wildman–Crippen MR) is 72.8 cm³/mol. The van der Waals surface area contributed by atoms with E-state index < -0.39 is 15.6 Å². The number of nitrogens with zero attached hydrogens (tertiary/aromatic N) is 1. The first-order valence-corrected chi connectivity index (χ1v) is 7.57. The summed E-state index contributed by atoms with van der Waals surface area (Å²) in [5.41, 5.74) is 0.0959. The topological polar surface area (TPSA) is 95.3 Å². The van der Waals surface area contributed by atoms with Crippen LogP contribution in [-0.4, -0.2) is 41.6 Å². The van der Waals surface area contributed by atoms with Gasteiger partial charge in [-0.05, 0) is 32.0 Å². The molecule has 8 heteroatoms. The summed E-state index contributed by atoms with van der Waals surface area (Å²) in [6.45, 7) is 4.02. The van der Waals surface area contributed by atoms with Gasteiger partial charge in [0.25, 0.3) is 0 Å². The van der Waals surface area contributed by atoms with Crippen LogP contribution >= 0.6 is 0 Å². The highest BCUT2D eigenvalue weighted by Crippen LogP contribution is 2.29. The van der Waals surface area contributed by atoms with Gasteiger partial charge in [-0.3, -0.25) is 0 Å². The molecule has 0 saturated carbocycles. The smallest absolute Gasteiger partial charge is 0.323 e. The third kappa shape index (κ3) is 1.96. The lowest BCUT2D eigenvalue weighted by molar-refractivity contribution is 0.171. The number of imidazole rings is 1. The van der Waals surface area contributed by atoms with E-state index >= 15 is 0 Å². The van der Waals surface area contributed by atoms with Crippen LogP contribution in [-0.2, 0) is 14.8 Å². The van der Waals surface area contributed by atoms with E-state index in [9.17, 15) is 13.2 Å². The van der Waals surface area contributed by atoms with Gasteiger partial charge in [0.1, 0.15) is 6.73 Å². The fraction of sp³-hybridized carbons (Fsp3) is 0.417. The Morgan fingerprint density at radius 3 is 2.60 bits per heavy atom. The van der Waals surface area contributed by atoms with Crippen LogP contribution in [0.1, 0.15) is 13.8 Å². The summed E-state index contributed by atoms with van der Waals surface area (Å²) < 4.78 is 31.9. The molecule has 1 saturated heterocycles. The van der Waals surface area contributed by atoms with E-state index in [0.29, 0.717) is 17.6 Å². The third-order valence-electron chi connectivity index (χ3n) is 3.41. The van der Waals surface area contributed by atoms with Gasteiger partial charge in [0.2, 0.25) is 10.0 Å². The number of rotatable bonds is 2. The number of hydrogen-bond donors (Lipinski definition) is 2. The molecule has 108 valence electrons. The average molecular weight is 297 g/mol. The number of H-pyrrole nitrogens is 2. The maximum absolute atomic E-state index is 12.6. The van der Waals surface area contributed by atoms with Crippen LogP contribution in [0.15, 0.2) is 27.9 Å². The van der Waals surface area contributed by atoms with Crippen molar-refractivity contribution in [2.24, 2.45) is 0 Å². The Morgan fingerprint density at radius 2 is 1.95 bits per heavy atom. The van der Waals surface area contributed by atoms with Crippen molar-refractivity contribution in [3.05, 3.63) is 28.7 Å². The van der Waals surface area contributed by atoms with Gasteiger partial charge < -0.3 is 14.7 Å². The van der Waals surface area contributed by atoms with Crippen LogP contribution in [0.4, 0.5) is 0 Å². The Kier molecular flexibility index (Phi) is 2.79. The molecule has 0 bridgehead atoms. The molecular formula is C12H15N3O4S. The molecule has 2 heterocycles. The molecule has 1 fully saturated rings. The second-order valence-electron chi connectivity index (χ2n) is 5.43. The van der Waals surface area contributed by atoms with Crippen molar-refractivity contribution < 1.29 is 13.2 Å². The minimum absolute atomic E-state index is 0.0387. The van der Waals surface area contributed by atoms with E-state index in [4.69, 9.17) is 4.74 Å². The zero-order valence-corrected chi connectivity index (χ0v) is 12.0. The first-order valence-electron chi connectivity index (χ1n) is 6.13. The SMILES string of the molecule is CC1(C)COCN1S(=O)(=O)c1ccc2[nH]c(=O)[nH]c2c1. The zero-order valence-electron chi connectivity index (χ0n) is 11.1. The Balaban J connectivity index is 2.11. The van der Waals surface area contributed by atoms with Crippen LogP contribution in [0.2, 0.25) is 0 Å². The summed E-state index contributed by atoms with van der Waals surface area (Å²) in [7, 11) is -3.66. The molecule has 0 atom stereocenters. The minimum atomic E-state index is -3.66. The summed E-state index contributed by atoms with van der Waals surface area (Å²) in [6.07, 6.45) is 0. The van der Waals surface area contributed by atoms with Gasteiger partial charge in [-0.2, -0.15) is 4.31 Å².